The topological polar surface area (TPSA) is 92.5 Å². The van der Waals surface area contributed by atoms with Gasteiger partial charge in [-0.25, -0.2) is 17.5 Å². The number of nitrogens with zero attached hydrogens (tertiary/aromatic N) is 1. The molecule has 1 aromatic rings. The number of halogens is 2. The van der Waals surface area contributed by atoms with Crippen molar-refractivity contribution in [2.45, 2.75) is 11.3 Å². The number of benzene rings is 1. The first-order valence-corrected chi connectivity index (χ1v) is 7.87. The number of nitrogens with one attached hydrogen (secondary N) is 1. The van der Waals surface area contributed by atoms with Crippen LogP contribution in [0.25, 0.3) is 0 Å². The highest BCUT2D eigenvalue weighted by molar-refractivity contribution is 9.10. The predicted molar refractivity (Wildman–Crippen MR) is 77.0 cm³/mol. The Morgan fingerprint density at radius 1 is 1.45 bits per heavy atom. The molecule has 0 spiro atoms. The summed E-state index contributed by atoms with van der Waals surface area (Å²) in [6.07, 6.45) is -0.0140. The average molecular weight is 368 g/mol. The van der Waals surface area contributed by atoms with Gasteiger partial charge in [0.05, 0.1) is 0 Å². The second kappa shape index (κ2) is 6.51. The maximum Gasteiger partial charge on any atom is 0.243 e. The van der Waals surface area contributed by atoms with Crippen molar-refractivity contribution >= 4 is 37.5 Å². The molecule has 3 N–H and O–H groups in total. The van der Waals surface area contributed by atoms with Gasteiger partial charge in [0, 0.05) is 37.2 Å². The third-order valence-electron chi connectivity index (χ3n) is 2.47. The van der Waals surface area contributed by atoms with Gasteiger partial charge >= 0.3 is 0 Å². The van der Waals surface area contributed by atoms with E-state index in [1.807, 2.05) is 0 Å². The lowest BCUT2D eigenvalue weighted by Gasteiger charge is -2.11. The average Bonchev–Trinajstić information content (AvgIpc) is 2.33. The summed E-state index contributed by atoms with van der Waals surface area (Å²) in [5.41, 5.74) is 5.64. The molecule has 0 aliphatic rings. The number of anilines is 1. The Morgan fingerprint density at radius 2 is 2.05 bits per heavy atom. The van der Waals surface area contributed by atoms with Gasteiger partial charge in [0.25, 0.3) is 0 Å². The van der Waals surface area contributed by atoms with Crippen LogP contribution in [0.2, 0.25) is 0 Å². The second-order valence-corrected chi connectivity index (χ2v) is 6.83. The van der Waals surface area contributed by atoms with E-state index >= 15 is 0 Å². The third kappa shape index (κ3) is 4.15. The molecule has 0 saturated heterocycles. The molecule has 0 saturated carbocycles. The number of amides is 1. The van der Waals surface area contributed by atoms with E-state index in [-0.39, 0.29) is 29.0 Å². The Bertz CT molecular complexity index is 620. The quantitative estimate of drug-likeness (QED) is 0.757. The highest BCUT2D eigenvalue weighted by atomic mass is 79.9. The number of rotatable bonds is 5. The summed E-state index contributed by atoms with van der Waals surface area (Å²) in [4.78, 5) is 12.1. The molecule has 20 heavy (non-hydrogen) atoms. The lowest BCUT2D eigenvalue weighted by molar-refractivity contribution is -0.128. The number of hydrogen-bond donors (Lipinski definition) is 2. The Hall–Kier alpha value is -1.19. The summed E-state index contributed by atoms with van der Waals surface area (Å²) in [7, 11) is -0.925. The Balaban J connectivity index is 2.85. The molecule has 0 aliphatic carbocycles. The van der Waals surface area contributed by atoms with Crippen molar-refractivity contribution < 1.29 is 17.6 Å². The highest BCUT2D eigenvalue weighted by Gasteiger charge is 2.20. The summed E-state index contributed by atoms with van der Waals surface area (Å²) in [5, 5.41) is 0. The van der Waals surface area contributed by atoms with Gasteiger partial charge in [0.2, 0.25) is 15.9 Å². The summed E-state index contributed by atoms with van der Waals surface area (Å²) in [5.74, 6) is -1.15. The van der Waals surface area contributed by atoms with Gasteiger partial charge in [-0.3, -0.25) is 4.79 Å². The minimum absolute atomic E-state index is 0.0140. The van der Waals surface area contributed by atoms with Crippen LogP contribution in [0, 0.1) is 5.82 Å². The van der Waals surface area contributed by atoms with Gasteiger partial charge in [-0.05, 0) is 28.1 Å². The van der Waals surface area contributed by atoms with Crippen molar-refractivity contribution in [1.82, 2.24) is 9.62 Å². The van der Waals surface area contributed by atoms with Crippen LogP contribution in [0.3, 0.4) is 0 Å². The molecular formula is C11H15BrFN3O3S. The first kappa shape index (κ1) is 16.9. The van der Waals surface area contributed by atoms with Crippen molar-refractivity contribution in [3.05, 3.63) is 22.4 Å². The van der Waals surface area contributed by atoms with Crippen molar-refractivity contribution in [1.29, 1.82) is 0 Å². The fourth-order valence-corrected chi connectivity index (χ4v) is 2.78. The maximum atomic E-state index is 13.7. The monoisotopic (exact) mass is 367 g/mol. The molecule has 0 aromatic heterocycles. The molecule has 0 fully saturated rings. The molecule has 0 radical (unpaired) electrons. The van der Waals surface area contributed by atoms with E-state index in [0.29, 0.717) is 0 Å². The third-order valence-corrected chi connectivity index (χ3v) is 4.63. The van der Waals surface area contributed by atoms with Crippen LogP contribution in [0.4, 0.5) is 10.1 Å². The SMILES string of the molecule is CN(C)C(=O)CCNS(=O)(=O)c1cc(N)c(Br)cc1F. The van der Waals surface area contributed by atoms with Gasteiger partial charge in [-0.15, -0.1) is 0 Å². The summed E-state index contributed by atoms with van der Waals surface area (Å²) >= 11 is 3.00. The highest BCUT2D eigenvalue weighted by Crippen LogP contribution is 2.25. The van der Waals surface area contributed by atoms with Gasteiger partial charge in [-0.2, -0.15) is 0 Å². The molecule has 0 bridgehead atoms. The van der Waals surface area contributed by atoms with Crippen LogP contribution in [-0.2, 0) is 14.8 Å². The number of carbonyl (C=O) groups is 1. The largest absolute Gasteiger partial charge is 0.398 e. The summed E-state index contributed by atoms with van der Waals surface area (Å²) < 4.78 is 39.9. The maximum absolute atomic E-state index is 13.7. The van der Waals surface area contributed by atoms with E-state index in [2.05, 4.69) is 20.7 Å². The molecule has 1 rings (SSSR count). The standard InChI is InChI=1S/C11H15BrFN3O3S/c1-16(2)11(17)3-4-15-20(18,19)10-6-9(14)7(12)5-8(10)13/h5-6,15H,3-4,14H2,1-2H3. The summed E-state index contributed by atoms with van der Waals surface area (Å²) in [6.45, 7) is -0.116. The zero-order chi connectivity index (χ0) is 15.5. The fourth-order valence-electron chi connectivity index (χ4n) is 1.34. The van der Waals surface area contributed by atoms with Crippen LogP contribution in [0.1, 0.15) is 6.42 Å². The number of nitrogens with two attached hydrogens (primary N) is 1. The minimum atomic E-state index is -4.05. The molecule has 0 heterocycles. The summed E-state index contributed by atoms with van der Waals surface area (Å²) in [6, 6.07) is 2.00. The van der Waals surface area contributed by atoms with E-state index in [1.165, 1.54) is 4.90 Å². The Labute approximate surface area is 125 Å². The van der Waals surface area contributed by atoms with E-state index in [9.17, 15) is 17.6 Å². The van der Waals surface area contributed by atoms with Gasteiger partial charge in [0.15, 0.2) is 0 Å². The number of sulfonamides is 1. The van der Waals surface area contributed by atoms with E-state index in [0.717, 1.165) is 12.1 Å². The Kier molecular flexibility index (Phi) is 5.49. The van der Waals surface area contributed by atoms with Crippen LogP contribution < -0.4 is 10.5 Å². The lowest BCUT2D eigenvalue weighted by Crippen LogP contribution is -2.30. The number of hydrogen-bond acceptors (Lipinski definition) is 4. The van der Waals surface area contributed by atoms with Crippen molar-refractivity contribution in [3.63, 3.8) is 0 Å². The van der Waals surface area contributed by atoms with Crippen LogP contribution in [0.15, 0.2) is 21.5 Å². The van der Waals surface area contributed by atoms with Gasteiger partial charge in [0.1, 0.15) is 10.7 Å². The zero-order valence-electron chi connectivity index (χ0n) is 11.0. The first-order chi connectivity index (χ1) is 9.15. The van der Waals surface area contributed by atoms with Crippen molar-refractivity contribution in [2.75, 3.05) is 26.4 Å². The first-order valence-electron chi connectivity index (χ1n) is 5.59. The molecule has 0 aliphatic heterocycles. The van der Waals surface area contributed by atoms with Crippen molar-refractivity contribution in [3.8, 4) is 0 Å². The van der Waals surface area contributed by atoms with Crippen LogP contribution >= 0.6 is 15.9 Å². The molecule has 0 unspecified atom stereocenters. The van der Waals surface area contributed by atoms with Crippen LogP contribution in [-0.4, -0.2) is 39.9 Å². The molecule has 0 atom stereocenters. The molecular weight excluding hydrogens is 353 g/mol. The van der Waals surface area contributed by atoms with Crippen molar-refractivity contribution in [2.24, 2.45) is 0 Å². The normalized spacial score (nSPS) is 11.4. The number of nitrogen functional groups attached to an aromatic ring is 1. The molecule has 1 aromatic carbocycles. The Morgan fingerprint density at radius 3 is 2.60 bits per heavy atom. The lowest BCUT2D eigenvalue weighted by atomic mass is 10.3. The second-order valence-electron chi connectivity index (χ2n) is 4.24. The fraction of sp³-hybridized carbons (Fsp3) is 0.364. The molecule has 6 nitrogen and oxygen atoms in total. The van der Waals surface area contributed by atoms with Crippen LogP contribution in [0.5, 0.6) is 0 Å². The van der Waals surface area contributed by atoms with E-state index < -0.39 is 20.7 Å². The van der Waals surface area contributed by atoms with E-state index in [1.54, 1.807) is 14.1 Å². The minimum Gasteiger partial charge on any atom is -0.398 e. The van der Waals surface area contributed by atoms with Gasteiger partial charge < -0.3 is 10.6 Å². The smallest absolute Gasteiger partial charge is 0.243 e. The molecule has 1 amide bonds. The molecule has 112 valence electrons. The zero-order valence-corrected chi connectivity index (χ0v) is 13.4. The predicted octanol–water partition coefficient (Wildman–Crippen LogP) is 0.927. The number of carbonyl (C=O) groups excluding carboxylic acids is 1. The van der Waals surface area contributed by atoms with E-state index in [4.69, 9.17) is 5.73 Å². The molecule has 9 heteroatoms. The van der Waals surface area contributed by atoms with Gasteiger partial charge in [-0.1, -0.05) is 0 Å².